The Morgan fingerprint density at radius 2 is 1.10 bits per heavy atom. The van der Waals surface area contributed by atoms with Gasteiger partial charge < -0.3 is 25.0 Å². The molecule has 158 valence electrons. The summed E-state index contributed by atoms with van der Waals surface area (Å²) in [5.74, 6) is 0.464. The quantitative estimate of drug-likeness (QED) is 0.138. The highest BCUT2D eigenvalue weighted by molar-refractivity contribution is 5.91. The van der Waals surface area contributed by atoms with E-state index < -0.39 is 0 Å². The molecular weight excluding hydrogens is 398 g/mol. The van der Waals surface area contributed by atoms with Gasteiger partial charge in [0.2, 0.25) is 0 Å². The molecule has 3 aromatic rings. The number of anilines is 1. The van der Waals surface area contributed by atoms with Crippen LogP contribution in [-0.4, -0.2) is 10.5 Å². The Labute approximate surface area is 179 Å². The van der Waals surface area contributed by atoms with Crippen molar-refractivity contribution in [2.24, 2.45) is 0 Å². The molecule has 3 rings (SSSR count). The van der Waals surface area contributed by atoms with Gasteiger partial charge in [0.25, 0.3) is 0 Å². The van der Waals surface area contributed by atoms with E-state index in [-0.39, 0.29) is 11.9 Å². The summed E-state index contributed by atoms with van der Waals surface area (Å²) < 4.78 is 10.5. The van der Waals surface area contributed by atoms with Crippen LogP contribution in [0.3, 0.4) is 0 Å². The van der Waals surface area contributed by atoms with Crippen molar-refractivity contribution >= 4 is 17.3 Å². The molecule has 0 aliphatic carbocycles. The zero-order valence-corrected chi connectivity index (χ0v) is 16.5. The van der Waals surface area contributed by atoms with Crippen molar-refractivity contribution in [1.82, 2.24) is 0 Å². The lowest BCUT2D eigenvalue weighted by atomic mass is 9.95. The van der Waals surface area contributed by atoms with Crippen LogP contribution in [0, 0.1) is 0 Å². The molecule has 0 aromatic heterocycles. The first-order chi connectivity index (χ1) is 15.0. The monoisotopic (exact) mass is 419 g/mol. The van der Waals surface area contributed by atoms with Gasteiger partial charge in [-0.15, -0.1) is 0 Å². The van der Waals surface area contributed by atoms with Crippen molar-refractivity contribution < 1.29 is 29.8 Å². The largest absolute Gasteiger partial charge is 0.425 e. The molecular formula is C24H21NO6. The van der Waals surface area contributed by atoms with Crippen LogP contribution in [0.5, 0.6) is 11.5 Å². The Morgan fingerprint density at radius 1 is 0.677 bits per heavy atom. The number of hydrogen-bond acceptors (Lipinski definition) is 7. The summed E-state index contributed by atoms with van der Waals surface area (Å²) in [6.07, 6.45) is 2.02. The van der Waals surface area contributed by atoms with Crippen molar-refractivity contribution in [2.45, 2.75) is 0 Å². The Bertz CT molecular complexity index is 1010. The van der Waals surface area contributed by atoms with E-state index in [0.717, 1.165) is 22.3 Å². The Hall–Kier alpha value is -4.20. The van der Waals surface area contributed by atoms with E-state index in [1.807, 2.05) is 54.6 Å². The van der Waals surface area contributed by atoms with Crippen LogP contribution >= 0.6 is 0 Å². The minimum absolute atomic E-state index is 0.227. The molecule has 0 radical (unpaired) electrons. The van der Waals surface area contributed by atoms with Gasteiger partial charge in [0, 0.05) is 5.69 Å². The third kappa shape index (κ3) is 5.89. The molecule has 0 spiro atoms. The molecule has 0 atom stereocenters. The predicted molar refractivity (Wildman–Crippen MR) is 118 cm³/mol. The van der Waals surface area contributed by atoms with Gasteiger partial charge in [0.05, 0.1) is 0 Å². The number of rotatable bonds is 9. The van der Waals surface area contributed by atoms with Gasteiger partial charge in [-0.1, -0.05) is 36.4 Å². The first-order valence-electron chi connectivity index (χ1n) is 9.13. The molecule has 0 amide bonds. The molecule has 0 aliphatic rings. The highest BCUT2D eigenvalue weighted by Crippen LogP contribution is 2.30. The first-order valence-corrected chi connectivity index (χ1v) is 9.13. The van der Waals surface area contributed by atoms with Gasteiger partial charge in [0.15, 0.2) is 0 Å². The van der Waals surface area contributed by atoms with Gasteiger partial charge in [-0.05, 0) is 77.9 Å². The molecule has 3 aromatic carbocycles. The maximum Gasteiger partial charge on any atom is 0.314 e. The lowest BCUT2D eigenvalue weighted by molar-refractivity contribution is -0.230. The molecule has 0 aliphatic heterocycles. The molecule has 0 heterocycles. The molecule has 0 unspecified atom stereocenters. The summed E-state index contributed by atoms with van der Waals surface area (Å²) >= 11 is 0. The second kappa shape index (κ2) is 10.0. The second-order valence-corrected chi connectivity index (χ2v) is 6.40. The van der Waals surface area contributed by atoms with Crippen LogP contribution in [0.15, 0.2) is 97.8 Å². The smallest absolute Gasteiger partial charge is 0.314 e. The summed E-state index contributed by atoms with van der Waals surface area (Å²) in [4.78, 5) is 7.91. The first kappa shape index (κ1) is 21.5. The van der Waals surface area contributed by atoms with Crippen molar-refractivity contribution in [1.29, 1.82) is 0 Å². The zero-order chi connectivity index (χ0) is 22.2. The molecule has 0 fully saturated rings. The predicted octanol–water partition coefficient (Wildman–Crippen LogP) is 5.54. The Balaban J connectivity index is 1.96. The van der Waals surface area contributed by atoms with Crippen LogP contribution in [-0.2, 0) is 9.78 Å². The third-order valence-corrected chi connectivity index (χ3v) is 4.25. The lowest BCUT2D eigenvalue weighted by Gasteiger charge is -2.12. The van der Waals surface area contributed by atoms with Crippen LogP contribution in [0.2, 0.25) is 0 Å². The summed E-state index contributed by atoms with van der Waals surface area (Å²) in [6, 6.07) is 21.9. The van der Waals surface area contributed by atoms with E-state index in [1.54, 1.807) is 24.3 Å². The highest BCUT2D eigenvalue weighted by atomic mass is 17.1. The lowest BCUT2D eigenvalue weighted by Crippen LogP contribution is -1.97. The highest BCUT2D eigenvalue weighted by Gasteiger charge is 2.09. The average molecular weight is 419 g/mol. The summed E-state index contributed by atoms with van der Waals surface area (Å²) in [6.45, 7) is 6.83. The Kier molecular flexibility index (Phi) is 6.95. The Morgan fingerprint density at radius 3 is 1.48 bits per heavy atom. The van der Waals surface area contributed by atoms with Crippen LogP contribution in [0.4, 0.5) is 5.69 Å². The minimum Gasteiger partial charge on any atom is -0.425 e. The molecule has 0 bridgehead atoms. The van der Waals surface area contributed by atoms with E-state index in [0.29, 0.717) is 17.2 Å². The van der Waals surface area contributed by atoms with Crippen LogP contribution in [0.25, 0.3) is 11.6 Å². The fraction of sp³-hybridized carbons (Fsp3) is 0. The van der Waals surface area contributed by atoms with Gasteiger partial charge in [0.1, 0.15) is 11.5 Å². The van der Waals surface area contributed by atoms with Crippen LogP contribution < -0.4 is 15.2 Å². The molecule has 31 heavy (non-hydrogen) atoms. The number of ether oxygens (including phenoxy) is 2. The minimum atomic E-state index is -0.227. The third-order valence-electron chi connectivity index (χ3n) is 4.25. The van der Waals surface area contributed by atoms with Crippen molar-refractivity contribution in [3.05, 3.63) is 115 Å². The molecule has 4 N–H and O–H groups in total. The number of hydrogen-bond donors (Lipinski definition) is 3. The van der Waals surface area contributed by atoms with Crippen molar-refractivity contribution in [2.75, 3.05) is 5.73 Å². The average Bonchev–Trinajstić information content (AvgIpc) is 2.80. The van der Waals surface area contributed by atoms with Gasteiger partial charge in [-0.2, -0.15) is 10.5 Å². The van der Waals surface area contributed by atoms with E-state index in [1.165, 1.54) is 0 Å². The van der Waals surface area contributed by atoms with E-state index in [9.17, 15) is 0 Å². The second-order valence-electron chi connectivity index (χ2n) is 6.40. The SMILES string of the molecule is C=C(OO)Oc1ccc(C(=Cc2ccc(N)cc2)c2ccc(OC(=C)OO)cc2)cc1. The molecule has 0 saturated carbocycles. The maximum atomic E-state index is 8.58. The van der Waals surface area contributed by atoms with E-state index in [2.05, 4.69) is 22.9 Å². The zero-order valence-electron chi connectivity index (χ0n) is 16.5. The normalized spacial score (nSPS) is 10.0. The van der Waals surface area contributed by atoms with Gasteiger partial charge >= 0.3 is 11.9 Å². The van der Waals surface area contributed by atoms with Gasteiger partial charge in [-0.3, -0.25) is 0 Å². The van der Waals surface area contributed by atoms with E-state index in [4.69, 9.17) is 25.7 Å². The number of nitrogen functional groups attached to an aromatic ring is 1. The summed E-state index contributed by atoms with van der Waals surface area (Å²) in [5.41, 5.74) is 10.2. The van der Waals surface area contributed by atoms with Gasteiger partial charge in [-0.25, -0.2) is 0 Å². The van der Waals surface area contributed by atoms with Crippen molar-refractivity contribution in [3.8, 4) is 11.5 Å². The number of benzene rings is 3. The maximum absolute atomic E-state index is 8.58. The fourth-order valence-corrected chi connectivity index (χ4v) is 2.80. The fourth-order valence-electron chi connectivity index (χ4n) is 2.80. The van der Waals surface area contributed by atoms with Crippen molar-refractivity contribution in [3.63, 3.8) is 0 Å². The number of nitrogens with two attached hydrogens (primary N) is 1. The van der Waals surface area contributed by atoms with E-state index >= 15 is 0 Å². The summed E-state index contributed by atoms with van der Waals surface area (Å²) in [7, 11) is 0. The standard InChI is InChI=1S/C24H21NO6/c1-16(30-26)28-22-11-5-19(6-12-22)24(15-18-3-9-21(25)10-4-18)20-7-13-23(14-8-20)29-17(2)31-27/h3-15,26-27H,1-2,25H2. The topological polar surface area (TPSA) is 103 Å². The molecule has 7 heteroatoms. The summed E-state index contributed by atoms with van der Waals surface area (Å²) in [5, 5.41) is 17.2. The molecule has 0 saturated heterocycles. The molecule has 7 nitrogen and oxygen atoms in total. The van der Waals surface area contributed by atoms with Crippen LogP contribution in [0.1, 0.15) is 16.7 Å².